The van der Waals surface area contributed by atoms with Crippen molar-refractivity contribution >= 4 is 29.7 Å². The van der Waals surface area contributed by atoms with Gasteiger partial charge in [0.1, 0.15) is 5.82 Å². The number of piperazine rings is 1. The molecular formula is C21H23FN4OS2. The topological polar surface area (TPSA) is 37.4 Å². The first-order valence-corrected chi connectivity index (χ1v) is 11.2. The second-order valence-electron chi connectivity index (χ2n) is 7.01. The van der Waals surface area contributed by atoms with Crippen LogP contribution in [0.2, 0.25) is 0 Å². The molecule has 0 bridgehead atoms. The van der Waals surface area contributed by atoms with Gasteiger partial charge in [0.15, 0.2) is 0 Å². The van der Waals surface area contributed by atoms with Crippen LogP contribution in [0.5, 0.6) is 0 Å². The second kappa shape index (κ2) is 9.11. The summed E-state index contributed by atoms with van der Waals surface area (Å²) in [5.41, 5.74) is 2.21. The van der Waals surface area contributed by atoms with E-state index in [0.717, 1.165) is 37.4 Å². The molecule has 0 atom stereocenters. The summed E-state index contributed by atoms with van der Waals surface area (Å²) in [6.07, 6.45) is 2.69. The van der Waals surface area contributed by atoms with Crippen molar-refractivity contribution in [2.75, 3.05) is 37.3 Å². The fraction of sp³-hybridized carbons (Fsp3) is 0.333. The van der Waals surface area contributed by atoms with Crippen LogP contribution in [0.3, 0.4) is 0 Å². The quantitative estimate of drug-likeness (QED) is 0.425. The molecule has 2 aromatic carbocycles. The number of hydrogen-bond acceptors (Lipinski definition) is 6. The molecule has 3 aromatic rings. The van der Waals surface area contributed by atoms with Crippen LogP contribution in [0.4, 0.5) is 10.1 Å². The van der Waals surface area contributed by atoms with E-state index in [4.69, 9.17) is 16.6 Å². The van der Waals surface area contributed by atoms with Crippen molar-refractivity contribution in [2.24, 2.45) is 0 Å². The summed E-state index contributed by atoms with van der Waals surface area (Å²) in [6.45, 7) is 4.15. The van der Waals surface area contributed by atoms with Crippen LogP contribution in [0, 0.1) is 10.7 Å². The van der Waals surface area contributed by atoms with Crippen molar-refractivity contribution in [3.8, 4) is 0 Å². The fourth-order valence-electron chi connectivity index (χ4n) is 3.42. The molecule has 1 aliphatic rings. The predicted octanol–water partition coefficient (Wildman–Crippen LogP) is 4.44. The van der Waals surface area contributed by atoms with Gasteiger partial charge in [0.05, 0.1) is 13.1 Å². The number of anilines is 1. The highest BCUT2D eigenvalue weighted by molar-refractivity contribution is 7.98. The van der Waals surface area contributed by atoms with Gasteiger partial charge in [0.25, 0.3) is 4.84 Å². The van der Waals surface area contributed by atoms with Crippen molar-refractivity contribution in [3.05, 3.63) is 70.6 Å². The molecule has 152 valence electrons. The Morgan fingerprint density at radius 1 is 1.03 bits per heavy atom. The molecule has 0 radical (unpaired) electrons. The third-order valence-corrected chi connectivity index (χ3v) is 6.10. The maximum Gasteiger partial charge on any atom is 0.288 e. The average Bonchev–Trinajstić information content (AvgIpc) is 3.08. The number of aromatic nitrogens is 2. The molecule has 1 saturated heterocycles. The van der Waals surface area contributed by atoms with E-state index in [2.05, 4.69) is 45.4 Å². The standard InChI is InChI=1S/C21H23FN4OS2/c1-29-19-8-2-16(3-9-19)14-20-23-26(21(28)27-20)15-24-10-12-25(13-11-24)18-6-4-17(22)5-7-18/h2-9H,10-15H2,1H3. The molecule has 29 heavy (non-hydrogen) atoms. The molecule has 5 nitrogen and oxygen atoms in total. The number of halogens is 1. The van der Waals surface area contributed by atoms with Crippen LogP contribution in [-0.4, -0.2) is 47.1 Å². The molecule has 2 heterocycles. The summed E-state index contributed by atoms with van der Waals surface area (Å²) in [7, 11) is 0. The first-order chi connectivity index (χ1) is 14.1. The number of nitrogens with zero attached hydrogens (tertiary/aromatic N) is 4. The highest BCUT2D eigenvalue weighted by Crippen LogP contribution is 2.18. The Balaban J connectivity index is 1.34. The van der Waals surface area contributed by atoms with Crippen LogP contribution < -0.4 is 4.90 Å². The molecule has 4 rings (SSSR count). The van der Waals surface area contributed by atoms with Gasteiger partial charge in [0.2, 0.25) is 5.89 Å². The Bertz CT molecular complexity index is 993. The van der Waals surface area contributed by atoms with Gasteiger partial charge in [-0.05, 0) is 60.4 Å². The SMILES string of the molecule is CSc1ccc(Cc2nn(CN3CCN(c4ccc(F)cc4)CC3)c(=S)o2)cc1. The Labute approximate surface area is 179 Å². The summed E-state index contributed by atoms with van der Waals surface area (Å²) in [4.78, 5) is 6.21. The normalized spacial score (nSPS) is 15.0. The van der Waals surface area contributed by atoms with Crippen LogP contribution >= 0.6 is 24.0 Å². The van der Waals surface area contributed by atoms with Crippen LogP contribution in [0.15, 0.2) is 57.8 Å². The maximum absolute atomic E-state index is 13.1. The third kappa shape index (κ3) is 5.07. The van der Waals surface area contributed by atoms with Crippen molar-refractivity contribution in [1.82, 2.24) is 14.7 Å². The zero-order valence-corrected chi connectivity index (χ0v) is 17.9. The summed E-state index contributed by atoms with van der Waals surface area (Å²) < 4.78 is 20.6. The van der Waals surface area contributed by atoms with Gasteiger partial charge in [0, 0.05) is 36.8 Å². The van der Waals surface area contributed by atoms with Crippen molar-refractivity contribution in [1.29, 1.82) is 0 Å². The van der Waals surface area contributed by atoms with E-state index in [1.165, 1.54) is 17.0 Å². The average molecular weight is 431 g/mol. The van der Waals surface area contributed by atoms with Gasteiger partial charge >= 0.3 is 0 Å². The second-order valence-corrected chi connectivity index (χ2v) is 8.24. The van der Waals surface area contributed by atoms with Gasteiger partial charge in [-0.25, -0.2) is 9.07 Å². The molecule has 0 unspecified atom stereocenters. The Kier molecular flexibility index (Phi) is 6.32. The van der Waals surface area contributed by atoms with Gasteiger partial charge in [-0.1, -0.05) is 12.1 Å². The Morgan fingerprint density at radius 2 is 1.72 bits per heavy atom. The Morgan fingerprint density at radius 3 is 2.38 bits per heavy atom. The summed E-state index contributed by atoms with van der Waals surface area (Å²) >= 11 is 7.09. The molecule has 0 aliphatic carbocycles. The van der Waals surface area contributed by atoms with Gasteiger partial charge in [-0.2, -0.15) is 0 Å². The molecular weight excluding hydrogens is 407 g/mol. The van der Waals surface area contributed by atoms with Crippen molar-refractivity contribution in [2.45, 2.75) is 18.0 Å². The molecule has 0 N–H and O–H groups in total. The molecule has 1 fully saturated rings. The number of benzene rings is 2. The van der Waals surface area contributed by atoms with E-state index in [0.29, 0.717) is 23.8 Å². The third-order valence-electron chi connectivity index (χ3n) is 5.06. The van der Waals surface area contributed by atoms with Gasteiger partial charge < -0.3 is 9.32 Å². The van der Waals surface area contributed by atoms with E-state index >= 15 is 0 Å². The molecule has 0 spiro atoms. The predicted molar refractivity (Wildman–Crippen MR) is 117 cm³/mol. The minimum atomic E-state index is -0.205. The number of thioether (sulfide) groups is 1. The van der Waals surface area contributed by atoms with Crippen LogP contribution in [-0.2, 0) is 13.1 Å². The van der Waals surface area contributed by atoms with Crippen LogP contribution in [0.1, 0.15) is 11.5 Å². The van der Waals surface area contributed by atoms with Crippen LogP contribution in [0.25, 0.3) is 0 Å². The highest BCUT2D eigenvalue weighted by Gasteiger charge is 2.19. The summed E-state index contributed by atoms with van der Waals surface area (Å²) in [5.74, 6) is 0.431. The lowest BCUT2D eigenvalue weighted by Gasteiger charge is -2.35. The smallest absolute Gasteiger partial charge is 0.288 e. The highest BCUT2D eigenvalue weighted by atomic mass is 32.2. The van der Waals surface area contributed by atoms with Gasteiger partial charge in [-0.3, -0.25) is 4.90 Å². The lowest BCUT2D eigenvalue weighted by molar-refractivity contribution is 0.192. The first kappa shape index (κ1) is 20.1. The first-order valence-electron chi connectivity index (χ1n) is 9.53. The summed E-state index contributed by atoms with van der Waals surface area (Å²) in [6, 6.07) is 15.1. The number of hydrogen-bond donors (Lipinski definition) is 0. The number of rotatable bonds is 6. The van der Waals surface area contributed by atoms with E-state index in [1.807, 2.05) is 12.1 Å². The van der Waals surface area contributed by atoms with Crippen molar-refractivity contribution < 1.29 is 8.81 Å². The monoisotopic (exact) mass is 430 g/mol. The molecule has 8 heteroatoms. The zero-order valence-electron chi connectivity index (χ0n) is 16.3. The lowest BCUT2D eigenvalue weighted by Crippen LogP contribution is -2.47. The maximum atomic E-state index is 13.1. The molecule has 0 amide bonds. The van der Waals surface area contributed by atoms with E-state index < -0.39 is 0 Å². The fourth-order valence-corrected chi connectivity index (χ4v) is 4.02. The largest absolute Gasteiger partial charge is 0.414 e. The van der Waals surface area contributed by atoms with E-state index in [9.17, 15) is 4.39 Å². The minimum Gasteiger partial charge on any atom is -0.414 e. The lowest BCUT2D eigenvalue weighted by atomic mass is 10.1. The van der Waals surface area contributed by atoms with E-state index in [1.54, 1.807) is 16.4 Å². The molecule has 0 saturated carbocycles. The molecule has 1 aromatic heterocycles. The van der Waals surface area contributed by atoms with Crippen molar-refractivity contribution in [3.63, 3.8) is 0 Å². The van der Waals surface area contributed by atoms with E-state index in [-0.39, 0.29) is 5.82 Å². The Hall–Kier alpha value is -2.16. The summed E-state index contributed by atoms with van der Waals surface area (Å²) in [5, 5.41) is 4.57. The minimum absolute atomic E-state index is 0.205. The zero-order chi connectivity index (χ0) is 20.2. The van der Waals surface area contributed by atoms with Gasteiger partial charge in [-0.15, -0.1) is 16.9 Å². The molecule has 1 aliphatic heterocycles.